The van der Waals surface area contributed by atoms with Crippen molar-refractivity contribution >= 4 is 29.8 Å². The van der Waals surface area contributed by atoms with E-state index in [1.807, 2.05) is 0 Å². The highest BCUT2D eigenvalue weighted by Gasteiger charge is 2.36. The van der Waals surface area contributed by atoms with Gasteiger partial charge in [0.2, 0.25) is 0 Å². The Balaban J connectivity index is 5.92. The summed E-state index contributed by atoms with van der Waals surface area (Å²) in [6, 6.07) is -1.35. The van der Waals surface area contributed by atoms with Gasteiger partial charge in [-0.2, -0.15) is 0 Å². The van der Waals surface area contributed by atoms with Gasteiger partial charge in [-0.05, 0) is 5.92 Å². The lowest BCUT2D eigenvalue weighted by Crippen LogP contribution is -2.61. The predicted molar refractivity (Wildman–Crippen MR) is 91.7 cm³/mol. The number of hydrogen-bond donors (Lipinski definition) is 6. The summed E-state index contributed by atoms with van der Waals surface area (Å²) in [4.78, 5) is 57.7. The van der Waals surface area contributed by atoms with E-state index >= 15 is 0 Å². The number of nitrogens with zero attached hydrogens (tertiary/aromatic N) is 2. The first-order chi connectivity index (χ1) is 12.8. The maximum Gasteiger partial charge on any atom is 0.321 e. The van der Waals surface area contributed by atoms with Gasteiger partial charge in [-0.15, -0.1) is 0 Å². The second-order valence-electron chi connectivity index (χ2n) is 6.34. The first-order valence-electron chi connectivity index (χ1n) is 8.16. The molecule has 0 rings (SSSR count). The van der Waals surface area contributed by atoms with Crippen molar-refractivity contribution in [2.45, 2.75) is 26.1 Å². The fourth-order valence-electron chi connectivity index (χ4n) is 2.67. The van der Waals surface area contributed by atoms with Crippen LogP contribution in [0.25, 0.3) is 0 Å². The van der Waals surface area contributed by atoms with E-state index in [1.54, 1.807) is 0 Å². The summed E-state index contributed by atoms with van der Waals surface area (Å²) in [7, 11) is 0. The molecule has 1 unspecified atom stereocenters. The molecular formula is C15H25N3O10. The Hall–Kier alpha value is -2.77. The van der Waals surface area contributed by atoms with Gasteiger partial charge in [0.1, 0.15) is 6.04 Å². The van der Waals surface area contributed by atoms with E-state index in [0.717, 1.165) is 9.80 Å². The molecule has 160 valence electrons. The molecule has 0 heterocycles. The molecule has 0 aliphatic rings. The summed E-state index contributed by atoms with van der Waals surface area (Å²) >= 11 is 0. The highest BCUT2D eigenvalue weighted by molar-refractivity contribution is 5.76. The van der Waals surface area contributed by atoms with Crippen LogP contribution in [0.3, 0.4) is 0 Å². The Kier molecular flexibility index (Phi) is 10.7. The molecule has 0 saturated heterocycles. The molecule has 6 N–H and O–H groups in total. The van der Waals surface area contributed by atoms with Gasteiger partial charge in [0.25, 0.3) is 0 Å². The molecule has 0 bridgehead atoms. The molecule has 2 atom stereocenters. The van der Waals surface area contributed by atoms with Gasteiger partial charge >= 0.3 is 29.8 Å². The van der Waals surface area contributed by atoms with E-state index in [1.165, 1.54) is 13.8 Å². The lowest BCUT2D eigenvalue weighted by Gasteiger charge is -2.38. The summed E-state index contributed by atoms with van der Waals surface area (Å²) in [5, 5.41) is 47.9. The van der Waals surface area contributed by atoms with E-state index in [0.29, 0.717) is 0 Å². The van der Waals surface area contributed by atoms with Crippen LogP contribution in [0.15, 0.2) is 0 Å². The largest absolute Gasteiger partial charge is 0.480 e. The Morgan fingerprint density at radius 3 is 1.57 bits per heavy atom. The summed E-state index contributed by atoms with van der Waals surface area (Å²) in [6.45, 7) is -0.312. The fraction of sp³-hybridized carbons (Fsp3) is 0.667. The monoisotopic (exact) mass is 407 g/mol. The van der Waals surface area contributed by atoms with Crippen molar-refractivity contribution < 1.29 is 49.5 Å². The lowest BCUT2D eigenvalue weighted by atomic mass is 10.0. The molecule has 0 fully saturated rings. The fourth-order valence-corrected chi connectivity index (χ4v) is 2.67. The third-order valence-corrected chi connectivity index (χ3v) is 3.60. The molecule has 0 spiro atoms. The molecule has 0 saturated carbocycles. The number of hydrogen-bond acceptors (Lipinski definition) is 8. The van der Waals surface area contributed by atoms with E-state index in [9.17, 15) is 29.1 Å². The smallest absolute Gasteiger partial charge is 0.321 e. The Morgan fingerprint density at radius 1 is 0.786 bits per heavy atom. The molecule has 13 nitrogen and oxygen atoms in total. The minimum Gasteiger partial charge on any atom is -0.480 e. The molecule has 28 heavy (non-hydrogen) atoms. The van der Waals surface area contributed by atoms with Gasteiger partial charge in [-0.1, -0.05) is 13.8 Å². The molecule has 0 aromatic carbocycles. The van der Waals surface area contributed by atoms with Crippen LogP contribution in [0, 0.1) is 5.92 Å². The third-order valence-electron chi connectivity index (χ3n) is 3.60. The zero-order valence-corrected chi connectivity index (χ0v) is 15.4. The summed E-state index contributed by atoms with van der Waals surface area (Å²) in [6.07, 6.45) is -1.26. The van der Waals surface area contributed by atoms with Crippen molar-refractivity contribution in [3.63, 3.8) is 0 Å². The number of carbonyl (C=O) groups is 5. The van der Waals surface area contributed by atoms with E-state index in [4.69, 9.17) is 20.4 Å². The first-order valence-corrected chi connectivity index (χ1v) is 8.16. The van der Waals surface area contributed by atoms with Crippen LogP contribution in [-0.4, -0.2) is 110 Å². The highest BCUT2D eigenvalue weighted by Crippen LogP contribution is 2.15. The maximum atomic E-state index is 11.7. The highest BCUT2D eigenvalue weighted by atomic mass is 16.4. The van der Waals surface area contributed by atoms with Crippen LogP contribution >= 0.6 is 0 Å². The van der Waals surface area contributed by atoms with Crippen molar-refractivity contribution in [1.29, 1.82) is 0 Å². The number of carboxylic acid groups (broad SMARTS) is 5. The van der Waals surface area contributed by atoms with E-state index < -0.39 is 80.7 Å². The number of carboxylic acids is 5. The van der Waals surface area contributed by atoms with Gasteiger partial charge in [0.15, 0.2) is 0 Å². The van der Waals surface area contributed by atoms with E-state index in [2.05, 4.69) is 5.32 Å². The van der Waals surface area contributed by atoms with Gasteiger partial charge in [0.05, 0.1) is 32.3 Å². The summed E-state index contributed by atoms with van der Waals surface area (Å²) < 4.78 is 0. The van der Waals surface area contributed by atoms with Crippen molar-refractivity contribution in [2.24, 2.45) is 5.92 Å². The summed E-state index contributed by atoms with van der Waals surface area (Å²) in [5.41, 5.74) is 0. The van der Waals surface area contributed by atoms with Gasteiger partial charge < -0.3 is 25.5 Å². The van der Waals surface area contributed by atoms with Crippen LogP contribution in [-0.2, 0) is 24.0 Å². The molecular weight excluding hydrogens is 382 g/mol. The van der Waals surface area contributed by atoms with Gasteiger partial charge in [0, 0.05) is 6.54 Å². The number of aliphatic carboxylic acids is 5. The van der Waals surface area contributed by atoms with Crippen molar-refractivity contribution in [2.75, 3.05) is 32.7 Å². The lowest BCUT2D eigenvalue weighted by molar-refractivity contribution is -0.152. The van der Waals surface area contributed by atoms with Crippen molar-refractivity contribution in [1.82, 2.24) is 15.1 Å². The average Bonchev–Trinajstić information content (AvgIpc) is 2.47. The van der Waals surface area contributed by atoms with Gasteiger partial charge in [-0.25, -0.2) is 0 Å². The van der Waals surface area contributed by atoms with Crippen LogP contribution in [0.4, 0.5) is 0 Å². The molecule has 0 aliphatic carbocycles. The molecule has 0 radical (unpaired) electrons. The van der Waals surface area contributed by atoms with Crippen LogP contribution in [0.5, 0.6) is 0 Å². The molecule has 0 aliphatic heterocycles. The quantitative estimate of drug-likeness (QED) is 0.162. The number of rotatable bonds is 15. The topological polar surface area (TPSA) is 205 Å². The standard InChI is InChI=1S/C15H25N3O10/c1-8(2)14(15(27)28)18(7-13(25)26)9(16-3-10(19)20)4-17(5-11(21)22)6-12(23)24/h8-9,14,16H,3-7H2,1-2H3,(H,19,20)(H,21,22)(H,23,24)(H,25,26)(H,27,28)/t9?,14-/m0/s1. The average molecular weight is 407 g/mol. The zero-order chi connectivity index (χ0) is 22.0. The van der Waals surface area contributed by atoms with Crippen LogP contribution < -0.4 is 5.32 Å². The summed E-state index contributed by atoms with van der Waals surface area (Å²) in [5.74, 6) is -7.38. The minimum atomic E-state index is -1.39. The predicted octanol–water partition coefficient (Wildman–Crippen LogP) is -2.05. The van der Waals surface area contributed by atoms with Crippen LogP contribution in [0.1, 0.15) is 13.8 Å². The molecule has 0 aromatic heterocycles. The second kappa shape index (κ2) is 11.8. The second-order valence-corrected chi connectivity index (χ2v) is 6.34. The normalized spacial score (nSPS) is 13.5. The van der Waals surface area contributed by atoms with Crippen molar-refractivity contribution in [3.8, 4) is 0 Å². The molecule has 0 aromatic rings. The van der Waals surface area contributed by atoms with Crippen LogP contribution in [0.2, 0.25) is 0 Å². The Bertz CT molecular complexity index is 579. The number of nitrogens with one attached hydrogen (secondary N) is 1. The molecule has 0 amide bonds. The maximum absolute atomic E-state index is 11.7. The zero-order valence-electron chi connectivity index (χ0n) is 15.4. The minimum absolute atomic E-state index is 0.435. The van der Waals surface area contributed by atoms with Crippen molar-refractivity contribution in [3.05, 3.63) is 0 Å². The third kappa shape index (κ3) is 9.80. The first kappa shape index (κ1) is 25.2. The van der Waals surface area contributed by atoms with E-state index in [-0.39, 0.29) is 0 Å². The SMILES string of the molecule is CC(C)[C@@H](C(=O)O)N(CC(=O)O)C(CN(CC(=O)O)CC(=O)O)NCC(=O)O. The Morgan fingerprint density at radius 2 is 1.25 bits per heavy atom. The Labute approximate surface area is 160 Å². The molecule has 13 heteroatoms. The van der Waals surface area contributed by atoms with Gasteiger partial charge in [-0.3, -0.25) is 39.1 Å².